The van der Waals surface area contributed by atoms with Gasteiger partial charge in [-0.15, -0.1) is 0 Å². The van der Waals surface area contributed by atoms with Crippen LogP contribution in [0.25, 0.3) is 0 Å². The predicted molar refractivity (Wildman–Crippen MR) is 88.2 cm³/mol. The molecule has 0 unspecified atom stereocenters. The number of aliphatic hydroxyl groups excluding tert-OH is 1. The molecule has 0 spiro atoms. The molecule has 7 nitrogen and oxygen atoms in total. The molecule has 0 amide bonds. The number of sulfonamides is 1. The second-order valence-electron chi connectivity index (χ2n) is 5.60. The number of hydrogen-bond acceptors (Lipinski definition) is 5. The molecule has 23 heavy (non-hydrogen) atoms. The maximum absolute atomic E-state index is 12.4. The summed E-state index contributed by atoms with van der Waals surface area (Å²) < 4.78 is 27.1. The molecular weight excluding hydrogens is 320 g/mol. The predicted octanol–water partition coefficient (Wildman–Crippen LogP) is 1.50. The second kappa shape index (κ2) is 8.85. The Kier molecular flexibility index (Phi) is 7.47. The van der Waals surface area contributed by atoms with Gasteiger partial charge in [-0.2, -0.15) is 0 Å². The lowest BCUT2D eigenvalue weighted by molar-refractivity contribution is 0.0696. The van der Waals surface area contributed by atoms with Crippen molar-refractivity contribution >= 4 is 21.7 Å². The first-order valence-electron chi connectivity index (χ1n) is 7.49. The first kappa shape index (κ1) is 19.4. The minimum Gasteiger partial charge on any atom is -0.478 e. The topological polar surface area (TPSA) is 116 Å². The molecule has 1 aromatic carbocycles. The maximum Gasteiger partial charge on any atom is 0.335 e. The van der Waals surface area contributed by atoms with Gasteiger partial charge in [-0.05, 0) is 37.0 Å². The summed E-state index contributed by atoms with van der Waals surface area (Å²) in [7, 11) is -3.86. The summed E-state index contributed by atoms with van der Waals surface area (Å²) >= 11 is 0. The van der Waals surface area contributed by atoms with Gasteiger partial charge in [0.15, 0.2) is 0 Å². The van der Waals surface area contributed by atoms with Gasteiger partial charge >= 0.3 is 5.97 Å². The van der Waals surface area contributed by atoms with E-state index in [1.165, 1.54) is 12.1 Å². The average molecular weight is 344 g/mol. The number of aliphatic hydroxyl groups is 1. The third kappa shape index (κ3) is 6.17. The van der Waals surface area contributed by atoms with Gasteiger partial charge in [0.25, 0.3) is 0 Å². The molecule has 0 aliphatic rings. The van der Waals surface area contributed by atoms with Crippen molar-refractivity contribution in [2.24, 2.45) is 5.92 Å². The highest BCUT2D eigenvalue weighted by molar-refractivity contribution is 7.89. The van der Waals surface area contributed by atoms with Crippen LogP contribution in [0.2, 0.25) is 0 Å². The number of benzene rings is 1. The number of carbonyl (C=O) groups is 1. The third-order valence-corrected chi connectivity index (χ3v) is 4.68. The zero-order chi connectivity index (χ0) is 17.5. The Balaban J connectivity index is 3.07. The van der Waals surface area contributed by atoms with E-state index in [-0.39, 0.29) is 30.0 Å². The van der Waals surface area contributed by atoms with Crippen LogP contribution in [-0.2, 0) is 10.0 Å². The van der Waals surface area contributed by atoms with Crippen LogP contribution in [0.3, 0.4) is 0 Å². The van der Waals surface area contributed by atoms with Gasteiger partial charge < -0.3 is 15.5 Å². The minimum atomic E-state index is -3.86. The van der Waals surface area contributed by atoms with Crippen LogP contribution in [0, 0.1) is 5.92 Å². The van der Waals surface area contributed by atoms with Crippen LogP contribution >= 0.6 is 0 Å². The minimum absolute atomic E-state index is 0.0849. The quantitative estimate of drug-likeness (QED) is 0.478. The van der Waals surface area contributed by atoms with E-state index in [2.05, 4.69) is 23.9 Å². The van der Waals surface area contributed by atoms with E-state index in [1.807, 2.05) is 0 Å². The van der Waals surface area contributed by atoms with Crippen LogP contribution < -0.4 is 10.0 Å². The first-order chi connectivity index (χ1) is 10.8. The van der Waals surface area contributed by atoms with Gasteiger partial charge in [0.2, 0.25) is 10.0 Å². The van der Waals surface area contributed by atoms with Crippen molar-refractivity contribution in [3.63, 3.8) is 0 Å². The van der Waals surface area contributed by atoms with Gasteiger partial charge in [0, 0.05) is 19.7 Å². The summed E-state index contributed by atoms with van der Waals surface area (Å²) in [5.74, 6) is -0.728. The fourth-order valence-electron chi connectivity index (χ4n) is 1.88. The van der Waals surface area contributed by atoms with Crippen molar-refractivity contribution in [2.45, 2.75) is 31.6 Å². The molecule has 130 valence electrons. The van der Waals surface area contributed by atoms with Crippen LogP contribution in [0.15, 0.2) is 23.1 Å². The lowest BCUT2D eigenvalue weighted by Gasteiger charge is -2.15. The van der Waals surface area contributed by atoms with Crippen molar-refractivity contribution in [2.75, 3.05) is 25.0 Å². The van der Waals surface area contributed by atoms with Crippen molar-refractivity contribution in [3.05, 3.63) is 23.8 Å². The Hall–Kier alpha value is -1.64. The van der Waals surface area contributed by atoms with E-state index in [4.69, 9.17) is 10.2 Å². The molecule has 0 saturated carbocycles. The highest BCUT2D eigenvalue weighted by Crippen LogP contribution is 2.23. The number of hydrogen-bond donors (Lipinski definition) is 4. The van der Waals surface area contributed by atoms with E-state index >= 15 is 0 Å². The molecule has 4 N–H and O–H groups in total. The molecule has 0 aromatic heterocycles. The third-order valence-electron chi connectivity index (χ3n) is 3.18. The summed E-state index contributed by atoms with van der Waals surface area (Å²) in [6.45, 7) is 4.66. The van der Waals surface area contributed by atoms with Crippen molar-refractivity contribution in [1.82, 2.24) is 4.72 Å². The molecule has 1 rings (SSSR count). The fourth-order valence-corrected chi connectivity index (χ4v) is 3.16. The fraction of sp³-hybridized carbons (Fsp3) is 0.533. The Morgan fingerprint density at radius 1 is 1.26 bits per heavy atom. The molecule has 0 aliphatic heterocycles. The largest absolute Gasteiger partial charge is 0.478 e. The Morgan fingerprint density at radius 3 is 2.52 bits per heavy atom. The van der Waals surface area contributed by atoms with E-state index in [1.54, 1.807) is 0 Å². The molecule has 0 aliphatic carbocycles. The van der Waals surface area contributed by atoms with Gasteiger partial charge in [-0.3, -0.25) is 0 Å². The molecule has 1 aromatic rings. The molecule has 0 saturated heterocycles. The SMILES string of the molecule is CC(C)CCNc1ccc(C(=O)O)cc1S(=O)(=O)NCCCO. The Bertz CT molecular complexity index is 629. The molecule has 0 radical (unpaired) electrons. The second-order valence-corrected chi connectivity index (χ2v) is 7.34. The number of anilines is 1. The number of nitrogens with one attached hydrogen (secondary N) is 2. The van der Waals surface area contributed by atoms with Crippen molar-refractivity contribution in [1.29, 1.82) is 0 Å². The van der Waals surface area contributed by atoms with Gasteiger partial charge in [-0.1, -0.05) is 13.8 Å². The zero-order valence-corrected chi connectivity index (χ0v) is 14.2. The average Bonchev–Trinajstić information content (AvgIpc) is 2.47. The molecule has 0 atom stereocenters. The number of carboxylic acid groups (broad SMARTS) is 1. The Labute approximate surface area is 136 Å². The normalized spacial score (nSPS) is 11.7. The van der Waals surface area contributed by atoms with Gasteiger partial charge in [0.1, 0.15) is 4.90 Å². The van der Waals surface area contributed by atoms with Crippen LogP contribution in [0.4, 0.5) is 5.69 Å². The molecule has 0 heterocycles. The maximum atomic E-state index is 12.4. The van der Waals surface area contributed by atoms with Crippen molar-refractivity contribution < 1.29 is 23.4 Å². The summed E-state index contributed by atoms with van der Waals surface area (Å²) in [6.07, 6.45) is 1.14. The van der Waals surface area contributed by atoms with Crippen LogP contribution in [-0.4, -0.2) is 44.3 Å². The highest BCUT2D eigenvalue weighted by atomic mass is 32.2. The molecule has 0 fully saturated rings. The number of rotatable bonds is 10. The van der Waals surface area contributed by atoms with Gasteiger partial charge in [-0.25, -0.2) is 17.9 Å². The summed E-state index contributed by atoms with van der Waals surface area (Å²) in [4.78, 5) is 11.0. The first-order valence-corrected chi connectivity index (χ1v) is 8.98. The number of carboxylic acids is 1. The Morgan fingerprint density at radius 2 is 1.96 bits per heavy atom. The van der Waals surface area contributed by atoms with Crippen molar-refractivity contribution in [3.8, 4) is 0 Å². The van der Waals surface area contributed by atoms with Gasteiger partial charge in [0.05, 0.1) is 11.3 Å². The summed E-state index contributed by atoms with van der Waals surface area (Å²) in [6, 6.07) is 3.97. The standard InChI is InChI=1S/C15H24N2O5S/c1-11(2)6-8-16-13-5-4-12(15(19)20)10-14(13)23(21,22)17-7-3-9-18/h4-5,10-11,16-18H,3,6-9H2,1-2H3,(H,19,20). The smallest absolute Gasteiger partial charge is 0.335 e. The van der Waals surface area contributed by atoms with E-state index in [0.29, 0.717) is 18.2 Å². The molecule has 8 heteroatoms. The van der Waals surface area contributed by atoms with E-state index < -0.39 is 16.0 Å². The lowest BCUT2D eigenvalue weighted by atomic mass is 10.1. The van der Waals surface area contributed by atoms with Crippen LogP contribution in [0.5, 0.6) is 0 Å². The van der Waals surface area contributed by atoms with Crippen LogP contribution in [0.1, 0.15) is 37.0 Å². The lowest BCUT2D eigenvalue weighted by Crippen LogP contribution is -2.26. The zero-order valence-electron chi connectivity index (χ0n) is 13.4. The molecule has 0 bridgehead atoms. The monoisotopic (exact) mass is 344 g/mol. The van der Waals surface area contributed by atoms with E-state index in [0.717, 1.165) is 12.5 Å². The summed E-state index contributed by atoms with van der Waals surface area (Å²) in [5.41, 5.74) is 0.272. The summed E-state index contributed by atoms with van der Waals surface area (Å²) in [5, 5.41) is 20.9. The van der Waals surface area contributed by atoms with E-state index in [9.17, 15) is 13.2 Å². The molecular formula is C15H24N2O5S. The highest BCUT2D eigenvalue weighted by Gasteiger charge is 2.20. The number of aromatic carboxylic acids is 1.